The van der Waals surface area contributed by atoms with E-state index in [1.165, 1.54) is 34.4 Å². The van der Waals surface area contributed by atoms with Gasteiger partial charge >= 0.3 is 0 Å². The Balaban J connectivity index is 1.89. The number of nitriles is 1. The Morgan fingerprint density at radius 2 is 2.00 bits per heavy atom. The van der Waals surface area contributed by atoms with E-state index in [1.54, 1.807) is 42.5 Å². The van der Waals surface area contributed by atoms with Gasteiger partial charge in [-0.2, -0.15) is 5.26 Å². The predicted octanol–water partition coefficient (Wildman–Crippen LogP) is 4.71. The Kier molecular flexibility index (Phi) is 5.74. The van der Waals surface area contributed by atoms with E-state index in [0.29, 0.717) is 16.8 Å². The van der Waals surface area contributed by atoms with Crippen molar-refractivity contribution in [1.82, 2.24) is 4.98 Å². The molecule has 2 aromatic carbocycles. The van der Waals surface area contributed by atoms with Gasteiger partial charge in [0.1, 0.15) is 5.82 Å². The summed E-state index contributed by atoms with van der Waals surface area (Å²) in [4.78, 5) is 18.8. The van der Waals surface area contributed by atoms with Crippen molar-refractivity contribution in [3.8, 4) is 6.07 Å². The number of hydrogen-bond acceptors (Lipinski definition) is 4. The smallest absolute Gasteiger partial charge is 0.251 e. The lowest BCUT2D eigenvalue weighted by Crippen LogP contribution is -2.28. The van der Waals surface area contributed by atoms with E-state index in [1.807, 2.05) is 12.3 Å². The minimum Gasteiger partial charge on any atom is -0.303 e. The molecule has 4 nitrogen and oxygen atoms in total. The van der Waals surface area contributed by atoms with Crippen LogP contribution < -0.4 is 4.90 Å². The molecule has 0 saturated carbocycles. The van der Waals surface area contributed by atoms with Crippen molar-refractivity contribution >= 4 is 29.0 Å². The van der Waals surface area contributed by atoms with Gasteiger partial charge in [-0.25, -0.2) is 9.37 Å². The highest BCUT2D eigenvalue weighted by molar-refractivity contribution is 7.09. The van der Waals surface area contributed by atoms with Crippen LogP contribution in [0.2, 0.25) is 0 Å². The Labute approximate surface area is 160 Å². The van der Waals surface area contributed by atoms with E-state index in [9.17, 15) is 14.4 Å². The van der Waals surface area contributed by atoms with Gasteiger partial charge < -0.3 is 4.90 Å². The molecule has 0 fully saturated rings. The number of amides is 1. The second kappa shape index (κ2) is 8.39. The molecule has 0 atom stereocenters. The van der Waals surface area contributed by atoms with Gasteiger partial charge in [0.05, 0.1) is 28.9 Å². The number of rotatable bonds is 5. The van der Waals surface area contributed by atoms with Gasteiger partial charge in [-0.1, -0.05) is 18.2 Å². The topological polar surface area (TPSA) is 57.0 Å². The van der Waals surface area contributed by atoms with Gasteiger partial charge in [0.25, 0.3) is 5.91 Å². The molecule has 0 saturated heterocycles. The van der Waals surface area contributed by atoms with Crippen LogP contribution >= 0.6 is 11.3 Å². The largest absolute Gasteiger partial charge is 0.303 e. The molecule has 0 unspecified atom stereocenters. The van der Waals surface area contributed by atoms with Crippen LogP contribution in [0.1, 0.15) is 21.8 Å². The molecule has 0 N–H and O–H groups in total. The van der Waals surface area contributed by atoms with Crippen LogP contribution in [0.4, 0.5) is 10.1 Å². The Morgan fingerprint density at radius 1 is 1.26 bits per heavy atom. The molecule has 6 heteroatoms. The molecule has 134 valence electrons. The number of carbonyl (C=O) groups excluding carboxylic acids is 1. The van der Waals surface area contributed by atoms with Crippen LogP contribution in [0.15, 0.2) is 60.0 Å². The number of hydrogen-bond donors (Lipinski definition) is 0. The summed E-state index contributed by atoms with van der Waals surface area (Å²) in [6.45, 7) is 2.18. The van der Waals surface area contributed by atoms with Crippen LogP contribution in [0.25, 0.3) is 6.08 Å². The molecular weight excluding hydrogens is 361 g/mol. The molecule has 3 aromatic rings. The first-order valence-electron chi connectivity index (χ1n) is 8.22. The third kappa shape index (κ3) is 4.66. The van der Waals surface area contributed by atoms with E-state index in [4.69, 9.17) is 0 Å². The molecule has 3 rings (SSSR count). The Hall–Kier alpha value is -3.30. The first kappa shape index (κ1) is 18.5. The molecule has 0 aliphatic rings. The SMILES string of the molecule is Cc1nc(CN(C(=O)/C=C/c2ccccc2C#N)c2ccc(F)cc2)cs1. The van der Waals surface area contributed by atoms with Crippen molar-refractivity contribution in [3.05, 3.63) is 87.6 Å². The van der Waals surface area contributed by atoms with Gasteiger partial charge in [-0.3, -0.25) is 4.79 Å². The van der Waals surface area contributed by atoms with E-state index in [2.05, 4.69) is 11.1 Å². The molecule has 27 heavy (non-hydrogen) atoms. The number of halogens is 1. The second-order valence-corrected chi connectivity index (χ2v) is 6.85. The minimum atomic E-state index is -0.367. The summed E-state index contributed by atoms with van der Waals surface area (Å²) in [5.74, 6) is -0.644. The van der Waals surface area contributed by atoms with Crippen molar-refractivity contribution in [2.24, 2.45) is 0 Å². The van der Waals surface area contributed by atoms with Gasteiger partial charge in [-0.15, -0.1) is 11.3 Å². The van der Waals surface area contributed by atoms with E-state index in [0.717, 1.165) is 10.7 Å². The summed E-state index contributed by atoms with van der Waals surface area (Å²) in [6, 6.07) is 14.9. The summed E-state index contributed by atoms with van der Waals surface area (Å²) in [7, 11) is 0. The summed E-state index contributed by atoms with van der Waals surface area (Å²) < 4.78 is 13.3. The molecule has 0 aliphatic heterocycles. The average molecular weight is 377 g/mol. The Morgan fingerprint density at radius 3 is 2.67 bits per heavy atom. The number of aromatic nitrogens is 1. The fourth-order valence-corrected chi connectivity index (χ4v) is 3.16. The van der Waals surface area contributed by atoms with Crippen molar-refractivity contribution in [2.45, 2.75) is 13.5 Å². The monoisotopic (exact) mass is 377 g/mol. The first-order valence-corrected chi connectivity index (χ1v) is 9.10. The van der Waals surface area contributed by atoms with Crippen LogP contribution in [0.3, 0.4) is 0 Å². The maximum Gasteiger partial charge on any atom is 0.251 e. The summed E-state index contributed by atoms with van der Waals surface area (Å²) >= 11 is 1.51. The van der Waals surface area contributed by atoms with Gasteiger partial charge in [0.2, 0.25) is 0 Å². The predicted molar refractivity (Wildman–Crippen MR) is 105 cm³/mol. The van der Waals surface area contributed by atoms with Crippen LogP contribution in [-0.4, -0.2) is 10.9 Å². The second-order valence-electron chi connectivity index (χ2n) is 5.79. The molecule has 1 heterocycles. The minimum absolute atomic E-state index is 0.277. The lowest BCUT2D eigenvalue weighted by Gasteiger charge is -2.20. The fraction of sp³-hybridized carbons (Fsp3) is 0.0952. The summed E-state index contributed by atoms with van der Waals surface area (Å²) in [6.07, 6.45) is 3.03. The molecule has 0 bridgehead atoms. The van der Waals surface area contributed by atoms with Crippen molar-refractivity contribution in [3.63, 3.8) is 0 Å². The molecular formula is C21H16FN3OS. The molecule has 0 radical (unpaired) electrons. The maximum atomic E-state index is 13.3. The highest BCUT2D eigenvalue weighted by Gasteiger charge is 2.16. The van der Waals surface area contributed by atoms with Crippen LogP contribution in [-0.2, 0) is 11.3 Å². The van der Waals surface area contributed by atoms with Gasteiger partial charge in [0.15, 0.2) is 0 Å². The molecule has 1 aromatic heterocycles. The zero-order chi connectivity index (χ0) is 19.2. The number of nitrogens with zero attached hydrogens (tertiary/aromatic N) is 3. The highest BCUT2D eigenvalue weighted by atomic mass is 32.1. The van der Waals surface area contributed by atoms with E-state index < -0.39 is 0 Å². The average Bonchev–Trinajstić information content (AvgIpc) is 3.10. The normalized spacial score (nSPS) is 10.7. The van der Waals surface area contributed by atoms with Crippen molar-refractivity contribution in [1.29, 1.82) is 5.26 Å². The van der Waals surface area contributed by atoms with Crippen LogP contribution in [0.5, 0.6) is 0 Å². The van der Waals surface area contributed by atoms with E-state index in [-0.39, 0.29) is 18.3 Å². The molecule has 0 aliphatic carbocycles. The number of anilines is 1. The van der Waals surface area contributed by atoms with Gasteiger partial charge in [-0.05, 0) is 48.9 Å². The lowest BCUT2D eigenvalue weighted by atomic mass is 10.1. The number of aryl methyl sites for hydroxylation is 1. The third-order valence-corrected chi connectivity index (χ3v) is 4.70. The quantitative estimate of drug-likeness (QED) is 0.605. The molecule has 1 amide bonds. The number of benzene rings is 2. The van der Waals surface area contributed by atoms with E-state index >= 15 is 0 Å². The highest BCUT2D eigenvalue weighted by Crippen LogP contribution is 2.20. The zero-order valence-corrected chi connectivity index (χ0v) is 15.4. The van der Waals surface area contributed by atoms with Gasteiger partial charge in [0, 0.05) is 17.1 Å². The number of carbonyl (C=O) groups is 1. The number of thiazole rings is 1. The summed E-state index contributed by atoms with van der Waals surface area (Å²) in [5.41, 5.74) is 2.49. The first-order chi connectivity index (χ1) is 13.1. The third-order valence-electron chi connectivity index (χ3n) is 3.88. The van der Waals surface area contributed by atoms with Crippen molar-refractivity contribution < 1.29 is 9.18 Å². The standard InChI is InChI=1S/C21H16FN3OS/c1-15-24-19(14-27-15)13-25(20-9-7-18(22)8-10-20)21(26)11-6-16-4-2-3-5-17(16)12-23/h2-11,14H,13H2,1H3/b11-6+. The van der Waals surface area contributed by atoms with Crippen molar-refractivity contribution in [2.75, 3.05) is 4.90 Å². The molecule has 0 spiro atoms. The Bertz CT molecular complexity index is 1020. The zero-order valence-electron chi connectivity index (χ0n) is 14.6. The van der Waals surface area contributed by atoms with Crippen LogP contribution in [0, 0.1) is 24.1 Å². The lowest BCUT2D eigenvalue weighted by molar-refractivity contribution is -0.114. The maximum absolute atomic E-state index is 13.3. The fourth-order valence-electron chi connectivity index (χ4n) is 2.56. The summed E-state index contributed by atoms with van der Waals surface area (Å²) in [5, 5.41) is 12.0.